The second-order valence-electron chi connectivity index (χ2n) is 7.91. The normalized spacial score (nSPS) is 38.1. The molecule has 1 N–H and O–H groups in total. The minimum Gasteiger partial charge on any atom is -0.481 e. The molecular weight excluding hydrogens is 284 g/mol. The van der Waals surface area contributed by atoms with E-state index < -0.39 is 0 Å². The molecule has 0 bridgehead atoms. The van der Waals surface area contributed by atoms with Crippen molar-refractivity contribution in [2.75, 3.05) is 6.61 Å². The van der Waals surface area contributed by atoms with E-state index in [1.54, 1.807) is 0 Å². The van der Waals surface area contributed by atoms with Crippen LogP contribution in [0.15, 0.2) is 18.2 Å². The van der Waals surface area contributed by atoms with E-state index >= 15 is 0 Å². The van der Waals surface area contributed by atoms with Crippen molar-refractivity contribution in [3.63, 3.8) is 0 Å². The monoisotopic (exact) mass is 310 g/mol. The number of terminal acetylenes is 1. The summed E-state index contributed by atoms with van der Waals surface area (Å²) in [6.45, 7) is 2.67. The Morgan fingerprint density at radius 1 is 1.30 bits per heavy atom. The number of ether oxygens (including phenoxy) is 1. The molecule has 0 saturated heterocycles. The lowest BCUT2D eigenvalue weighted by Crippen LogP contribution is -2.43. The summed E-state index contributed by atoms with van der Waals surface area (Å²) in [6, 6.07) is 6.54. The SMILES string of the molecule is C#CCOc1ccc2c(c1)CC[C@@H]1[C@@H]2CC[C@]2(C)[C@@H](O)CC[C@@H]12. The molecule has 2 heteroatoms. The lowest BCUT2D eigenvalue weighted by Gasteiger charge is -2.50. The average molecular weight is 310 g/mol. The standard InChI is InChI=1S/C21H26O2/c1-3-12-23-15-5-7-16-14(13-15)4-6-18-17(16)10-11-21(2)19(18)8-9-20(21)22/h1,5,7,13,17-20,22H,4,6,8-12H2,2H3/t17-,18-,19+,20+,21+/m1/s1. The lowest BCUT2D eigenvalue weighted by molar-refractivity contribution is -0.0226. The molecule has 0 spiro atoms. The van der Waals surface area contributed by atoms with Gasteiger partial charge in [0, 0.05) is 0 Å². The molecule has 1 aromatic carbocycles. The minimum absolute atomic E-state index is 0.0885. The first-order valence-electron chi connectivity index (χ1n) is 9.00. The van der Waals surface area contributed by atoms with Crippen LogP contribution in [0, 0.1) is 29.6 Å². The third-order valence-electron chi connectivity index (χ3n) is 6.97. The summed E-state index contributed by atoms with van der Waals surface area (Å²) >= 11 is 0. The van der Waals surface area contributed by atoms with Crippen molar-refractivity contribution >= 4 is 0 Å². The first-order chi connectivity index (χ1) is 11.1. The summed E-state index contributed by atoms with van der Waals surface area (Å²) in [5.74, 6) is 5.54. The van der Waals surface area contributed by atoms with Crippen LogP contribution in [0.1, 0.15) is 56.1 Å². The van der Waals surface area contributed by atoms with Crippen LogP contribution < -0.4 is 4.74 Å². The van der Waals surface area contributed by atoms with Crippen molar-refractivity contribution in [3.8, 4) is 18.1 Å². The van der Waals surface area contributed by atoms with E-state index in [0.717, 1.165) is 30.9 Å². The number of fused-ring (bicyclic) bond motifs is 5. The van der Waals surface area contributed by atoms with Crippen molar-refractivity contribution in [2.24, 2.45) is 17.3 Å². The quantitative estimate of drug-likeness (QED) is 0.839. The molecule has 4 rings (SSSR count). The third-order valence-corrected chi connectivity index (χ3v) is 6.97. The number of hydrogen-bond donors (Lipinski definition) is 1. The smallest absolute Gasteiger partial charge is 0.148 e. The molecule has 3 aliphatic carbocycles. The molecule has 1 aromatic rings. The minimum atomic E-state index is -0.0885. The van der Waals surface area contributed by atoms with E-state index in [4.69, 9.17) is 11.2 Å². The predicted octanol–water partition coefficient (Wildman–Crippen LogP) is 3.92. The Balaban J connectivity index is 1.61. The summed E-state index contributed by atoms with van der Waals surface area (Å²) in [5, 5.41) is 10.5. The summed E-state index contributed by atoms with van der Waals surface area (Å²) < 4.78 is 5.59. The highest BCUT2D eigenvalue weighted by Crippen LogP contribution is 2.60. The molecule has 2 saturated carbocycles. The number of aryl methyl sites for hydroxylation is 1. The van der Waals surface area contributed by atoms with E-state index in [1.807, 2.05) is 0 Å². The zero-order chi connectivity index (χ0) is 16.0. The van der Waals surface area contributed by atoms with Gasteiger partial charge >= 0.3 is 0 Å². The zero-order valence-corrected chi connectivity index (χ0v) is 13.9. The van der Waals surface area contributed by atoms with Crippen LogP contribution in [0.4, 0.5) is 0 Å². The highest BCUT2D eigenvalue weighted by molar-refractivity contribution is 5.40. The van der Waals surface area contributed by atoms with Crippen LogP contribution in [-0.4, -0.2) is 17.8 Å². The molecule has 0 aliphatic heterocycles. The first-order valence-corrected chi connectivity index (χ1v) is 9.00. The molecular formula is C21H26O2. The molecule has 0 amide bonds. The van der Waals surface area contributed by atoms with Gasteiger partial charge in [0.1, 0.15) is 12.4 Å². The van der Waals surface area contributed by atoms with Gasteiger partial charge in [-0.3, -0.25) is 0 Å². The topological polar surface area (TPSA) is 29.5 Å². The molecule has 122 valence electrons. The molecule has 23 heavy (non-hydrogen) atoms. The van der Waals surface area contributed by atoms with E-state index in [0.29, 0.717) is 18.4 Å². The van der Waals surface area contributed by atoms with Crippen LogP contribution in [0.5, 0.6) is 5.75 Å². The van der Waals surface area contributed by atoms with Crippen molar-refractivity contribution in [1.29, 1.82) is 0 Å². The summed E-state index contributed by atoms with van der Waals surface area (Å²) in [5.41, 5.74) is 3.13. The Labute approximate surface area is 139 Å². The zero-order valence-electron chi connectivity index (χ0n) is 13.9. The Hall–Kier alpha value is -1.46. The Kier molecular flexibility index (Phi) is 3.65. The number of aliphatic hydroxyl groups is 1. The second-order valence-corrected chi connectivity index (χ2v) is 7.91. The highest BCUT2D eigenvalue weighted by Gasteiger charge is 2.54. The van der Waals surface area contributed by atoms with Crippen LogP contribution in [0.3, 0.4) is 0 Å². The van der Waals surface area contributed by atoms with Crippen LogP contribution in [-0.2, 0) is 6.42 Å². The largest absolute Gasteiger partial charge is 0.481 e. The van der Waals surface area contributed by atoms with Gasteiger partial charge in [0.2, 0.25) is 0 Å². The highest BCUT2D eigenvalue weighted by atomic mass is 16.5. The van der Waals surface area contributed by atoms with E-state index in [1.165, 1.54) is 30.4 Å². The van der Waals surface area contributed by atoms with Crippen molar-refractivity contribution < 1.29 is 9.84 Å². The third kappa shape index (κ3) is 2.29. The number of rotatable bonds is 2. The number of benzene rings is 1. The molecule has 0 heterocycles. The van der Waals surface area contributed by atoms with Gasteiger partial charge in [-0.1, -0.05) is 18.9 Å². The van der Waals surface area contributed by atoms with Gasteiger partial charge in [0.25, 0.3) is 0 Å². The number of hydrogen-bond acceptors (Lipinski definition) is 2. The van der Waals surface area contributed by atoms with Crippen molar-refractivity contribution in [2.45, 2.75) is 57.5 Å². The van der Waals surface area contributed by atoms with Gasteiger partial charge in [0.05, 0.1) is 6.10 Å². The van der Waals surface area contributed by atoms with Gasteiger partial charge in [-0.25, -0.2) is 0 Å². The fourth-order valence-corrected chi connectivity index (χ4v) is 5.75. The van der Waals surface area contributed by atoms with Gasteiger partial charge in [0.15, 0.2) is 0 Å². The Morgan fingerprint density at radius 2 is 2.17 bits per heavy atom. The van der Waals surface area contributed by atoms with E-state index in [-0.39, 0.29) is 11.5 Å². The van der Waals surface area contributed by atoms with Crippen LogP contribution in [0.25, 0.3) is 0 Å². The van der Waals surface area contributed by atoms with E-state index in [2.05, 4.69) is 31.0 Å². The first kappa shape index (κ1) is 15.1. The maximum absolute atomic E-state index is 10.5. The van der Waals surface area contributed by atoms with Gasteiger partial charge in [-0.15, -0.1) is 6.42 Å². The second kappa shape index (κ2) is 5.56. The maximum Gasteiger partial charge on any atom is 0.148 e. The molecule has 0 unspecified atom stereocenters. The van der Waals surface area contributed by atoms with Crippen molar-refractivity contribution in [3.05, 3.63) is 29.3 Å². The molecule has 0 aromatic heterocycles. The summed E-state index contributed by atoms with van der Waals surface area (Å²) in [6.07, 6.45) is 12.2. The Bertz CT molecular complexity index is 644. The summed E-state index contributed by atoms with van der Waals surface area (Å²) in [7, 11) is 0. The van der Waals surface area contributed by atoms with Crippen LogP contribution >= 0.6 is 0 Å². The van der Waals surface area contributed by atoms with Crippen molar-refractivity contribution in [1.82, 2.24) is 0 Å². The maximum atomic E-state index is 10.5. The average Bonchev–Trinajstić information content (AvgIpc) is 2.88. The summed E-state index contributed by atoms with van der Waals surface area (Å²) in [4.78, 5) is 0. The fourth-order valence-electron chi connectivity index (χ4n) is 5.75. The predicted molar refractivity (Wildman–Crippen MR) is 91.4 cm³/mol. The van der Waals surface area contributed by atoms with E-state index in [9.17, 15) is 5.11 Å². The lowest BCUT2D eigenvalue weighted by atomic mass is 9.55. The molecule has 5 atom stereocenters. The van der Waals surface area contributed by atoms with Crippen LogP contribution in [0.2, 0.25) is 0 Å². The molecule has 2 nitrogen and oxygen atoms in total. The van der Waals surface area contributed by atoms with Gasteiger partial charge in [-0.05, 0) is 85.0 Å². The molecule has 0 radical (unpaired) electrons. The number of aliphatic hydroxyl groups excluding tert-OH is 1. The molecule has 2 fully saturated rings. The van der Waals surface area contributed by atoms with Gasteiger partial charge in [-0.2, -0.15) is 0 Å². The fraction of sp³-hybridized carbons (Fsp3) is 0.619. The van der Waals surface area contributed by atoms with Gasteiger partial charge < -0.3 is 9.84 Å². The Morgan fingerprint density at radius 3 is 3.00 bits per heavy atom. The molecule has 3 aliphatic rings.